The van der Waals surface area contributed by atoms with Gasteiger partial charge in [0.2, 0.25) is 0 Å². The lowest BCUT2D eigenvalue weighted by atomic mass is 10.1. The van der Waals surface area contributed by atoms with E-state index in [0.29, 0.717) is 12.3 Å². The molecule has 1 atom stereocenters. The van der Waals surface area contributed by atoms with E-state index in [1.165, 1.54) is 6.07 Å². The van der Waals surface area contributed by atoms with Gasteiger partial charge in [0.05, 0.1) is 10.5 Å². The second kappa shape index (κ2) is 6.14. The summed E-state index contributed by atoms with van der Waals surface area (Å²) in [6, 6.07) is 5.00. The summed E-state index contributed by atoms with van der Waals surface area (Å²) in [6.45, 7) is 6.99. The number of carbonyl (C=O) groups is 1. The van der Waals surface area contributed by atoms with Crippen LogP contribution in [0, 0.1) is 10.1 Å². The van der Waals surface area contributed by atoms with E-state index in [-0.39, 0.29) is 11.3 Å². The first-order valence-corrected chi connectivity index (χ1v) is 6.05. The smallest absolute Gasteiger partial charge is 0.280 e. The zero-order valence-corrected chi connectivity index (χ0v) is 10.9. The molecule has 0 aliphatic carbocycles. The molecule has 1 rings (SSSR count). The van der Waals surface area contributed by atoms with Gasteiger partial charge in [0.25, 0.3) is 5.69 Å². The van der Waals surface area contributed by atoms with Crippen LogP contribution in [-0.4, -0.2) is 23.8 Å². The molecule has 0 amide bonds. The van der Waals surface area contributed by atoms with E-state index in [0.717, 1.165) is 18.7 Å². The van der Waals surface area contributed by atoms with Crippen molar-refractivity contribution in [3.8, 4) is 0 Å². The van der Waals surface area contributed by atoms with Crippen LogP contribution in [0.5, 0.6) is 0 Å². The highest BCUT2D eigenvalue weighted by Gasteiger charge is 2.17. The standard InChI is InChI=1S/C13H18N2O3/c1-4-10(3)14(5-2)12-6-7-13(15(17)18)11(8-12)9-16/h6-10H,4-5H2,1-3H3. The fourth-order valence-electron chi connectivity index (χ4n) is 1.95. The Hall–Kier alpha value is -1.91. The predicted molar refractivity (Wildman–Crippen MR) is 71.3 cm³/mol. The Kier molecular flexibility index (Phi) is 4.83. The number of nitro groups is 1. The van der Waals surface area contributed by atoms with Gasteiger partial charge in [-0.3, -0.25) is 14.9 Å². The lowest BCUT2D eigenvalue weighted by Crippen LogP contribution is -2.32. The number of rotatable bonds is 6. The maximum Gasteiger partial charge on any atom is 0.280 e. The summed E-state index contributed by atoms with van der Waals surface area (Å²) in [6.07, 6.45) is 1.51. The predicted octanol–water partition coefficient (Wildman–Crippen LogP) is 3.03. The van der Waals surface area contributed by atoms with Crippen molar-refractivity contribution in [3.05, 3.63) is 33.9 Å². The minimum absolute atomic E-state index is 0.124. The Morgan fingerprint density at radius 1 is 1.44 bits per heavy atom. The molecule has 0 aromatic heterocycles. The van der Waals surface area contributed by atoms with Gasteiger partial charge in [0, 0.05) is 24.3 Å². The van der Waals surface area contributed by atoms with Crippen LogP contribution in [0.3, 0.4) is 0 Å². The van der Waals surface area contributed by atoms with Crippen molar-refractivity contribution in [2.75, 3.05) is 11.4 Å². The molecule has 0 saturated heterocycles. The molecule has 5 heteroatoms. The minimum Gasteiger partial charge on any atom is -0.369 e. The van der Waals surface area contributed by atoms with E-state index >= 15 is 0 Å². The molecule has 0 heterocycles. The number of nitrogens with zero attached hydrogens (tertiary/aromatic N) is 2. The number of anilines is 1. The molecule has 1 unspecified atom stereocenters. The quantitative estimate of drug-likeness (QED) is 0.442. The number of aldehydes is 1. The Labute approximate surface area is 107 Å². The van der Waals surface area contributed by atoms with Crippen LogP contribution in [0.4, 0.5) is 11.4 Å². The molecule has 0 radical (unpaired) electrons. The Morgan fingerprint density at radius 3 is 2.56 bits per heavy atom. The molecule has 1 aromatic rings. The Balaban J connectivity index is 3.18. The summed E-state index contributed by atoms with van der Waals surface area (Å²) in [4.78, 5) is 23.3. The Morgan fingerprint density at radius 2 is 2.11 bits per heavy atom. The molecule has 0 fully saturated rings. The number of hydrogen-bond acceptors (Lipinski definition) is 4. The van der Waals surface area contributed by atoms with Gasteiger partial charge >= 0.3 is 0 Å². The summed E-state index contributed by atoms with van der Waals surface area (Å²) in [5.74, 6) is 0. The second-order valence-corrected chi connectivity index (χ2v) is 4.16. The molecule has 0 aliphatic heterocycles. The van der Waals surface area contributed by atoms with Gasteiger partial charge in [-0.1, -0.05) is 6.92 Å². The number of carbonyl (C=O) groups excluding carboxylic acids is 1. The number of benzene rings is 1. The minimum atomic E-state index is -0.535. The first kappa shape index (κ1) is 14.2. The number of hydrogen-bond donors (Lipinski definition) is 0. The number of nitro benzene ring substituents is 1. The highest BCUT2D eigenvalue weighted by Crippen LogP contribution is 2.25. The fourth-order valence-corrected chi connectivity index (χ4v) is 1.95. The largest absolute Gasteiger partial charge is 0.369 e. The third-order valence-corrected chi connectivity index (χ3v) is 3.13. The van der Waals surface area contributed by atoms with Gasteiger partial charge in [0.15, 0.2) is 6.29 Å². The van der Waals surface area contributed by atoms with E-state index in [1.54, 1.807) is 12.1 Å². The molecule has 0 spiro atoms. The van der Waals surface area contributed by atoms with Crippen molar-refractivity contribution in [3.63, 3.8) is 0 Å². The molecule has 18 heavy (non-hydrogen) atoms. The highest BCUT2D eigenvalue weighted by molar-refractivity contribution is 5.83. The third-order valence-electron chi connectivity index (χ3n) is 3.13. The van der Waals surface area contributed by atoms with Crippen molar-refractivity contribution >= 4 is 17.7 Å². The maximum atomic E-state index is 10.9. The molecule has 98 valence electrons. The summed E-state index contributed by atoms with van der Waals surface area (Å²) in [5, 5.41) is 10.8. The monoisotopic (exact) mass is 250 g/mol. The van der Waals surface area contributed by atoms with Crippen LogP contribution in [0.15, 0.2) is 18.2 Å². The van der Waals surface area contributed by atoms with Gasteiger partial charge in [-0.15, -0.1) is 0 Å². The van der Waals surface area contributed by atoms with Gasteiger partial charge in [-0.25, -0.2) is 0 Å². The normalized spacial score (nSPS) is 11.9. The van der Waals surface area contributed by atoms with Crippen LogP contribution >= 0.6 is 0 Å². The van der Waals surface area contributed by atoms with E-state index in [1.807, 2.05) is 6.92 Å². The first-order valence-electron chi connectivity index (χ1n) is 6.05. The molecular formula is C13H18N2O3. The van der Waals surface area contributed by atoms with Gasteiger partial charge < -0.3 is 4.90 Å². The van der Waals surface area contributed by atoms with Gasteiger partial charge in [0.1, 0.15) is 0 Å². The average molecular weight is 250 g/mol. The zero-order valence-electron chi connectivity index (χ0n) is 10.9. The van der Waals surface area contributed by atoms with Crippen LogP contribution in [0.1, 0.15) is 37.6 Å². The lowest BCUT2D eigenvalue weighted by molar-refractivity contribution is -0.385. The second-order valence-electron chi connectivity index (χ2n) is 4.16. The van der Waals surface area contributed by atoms with E-state index in [2.05, 4.69) is 18.7 Å². The van der Waals surface area contributed by atoms with Crippen LogP contribution < -0.4 is 4.90 Å². The molecule has 0 bridgehead atoms. The van der Waals surface area contributed by atoms with E-state index in [4.69, 9.17) is 0 Å². The summed E-state index contributed by atoms with van der Waals surface area (Å²) < 4.78 is 0. The zero-order chi connectivity index (χ0) is 13.7. The first-order chi connectivity index (χ1) is 8.54. The maximum absolute atomic E-state index is 10.9. The van der Waals surface area contributed by atoms with Gasteiger partial charge in [-0.05, 0) is 32.4 Å². The lowest BCUT2D eigenvalue weighted by Gasteiger charge is -2.29. The molecule has 5 nitrogen and oxygen atoms in total. The van der Waals surface area contributed by atoms with Crippen molar-refractivity contribution in [2.45, 2.75) is 33.2 Å². The molecular weight excluding hydrogens is 232 g/mol. The Bertz CT molecular complexity index is 446. The van der Waals surface area contributed by atoms with Crippen molar-refractivity contribution in [2.24, 2.45) is 0 Å². The summed E-state index contributed by atoms with van der Waals surface area (Å²) >= 11 is 0. The van der Waals surface area contributed by atoms with Crippen LogP contribution in [-0.2, 0) is 0 Å². The molecule has 1 aromatic carbocycles. The molecule has 0 saturated carbocycles. The van der Waals surface area contributed by atoms with Crippen molar-refractivity contribution in [1.29, 1.82) is 0 Å². The summed E-state index contributed by atoms with van der Waals surface area (Å²) in [7, 11) is 0. The van der Waals surface area contributed by atoms with E-state index < -0.39 is 4.92 Å². The van der Waals surface area contributed by atoms with Crippen molar-refractivity contribution < 1.29 is 9.72 Å². The van der Waals surface area contributed by atoms with Crippen LogP contribution in [0.25, 0.3) is 0 Å². The fraction of sp³-hybridized carbons (Fsp3) is 0.462. The SMILES string of the molecule is CCC(C)N(CC)c1ccc([N+](=O)[O-])c(C=O)c1. The van der Waals surface area contributed by atoms with Gasteiger partial charge in [-0.2, -0.15) is 0 Å². The molecule has 0 N–H and O–H groups in total. The van der Waals surface area contributed by atoms with E-state index in [9.17, 15) is 14.9 Å². The van der Waals surface area contributed by atoms with Crippen molar-refractivity contribution in [1.82, 2.24) is 0 Å². The average Bonchev–Trinajstić information content (AvgIpc) is 2.38. The molecule has 0 aliphatic rings. The summed E-state index contributed by atoms with van der Waals surface area (Å²) in [5.41, 5.74) is 0.827. The van der Waals surface area contributed by atoms with Crippen LogP contribution in [0.2, 0.25) is 0 Å². The highest BCUT2D eigenvalue weighted by atomic mass is 16.6. The third kappa shape index (κ3) is 2.85. The topological polar surface area (TPSA) is 63.4 Å².